The number of likely N-dealkylation sites (tertiary alicyclic amines) is 2. The van der Waals surface area contributed by atoms with Gasteiger partial charge in [0.05, 0.1) is 0 Å². The molecule has 3 fully saturated rings. The monoisotopic (exact) mass is 574 g/mol. The molecule has 1 aliphatic carbocycles. The van der Waals surface area contributed by atoms with Gasteiger partial charge in [0.15, 0.2) is 0 Å². The number of hydrogen-bond acceptors (Lipinski definition) is 3. The molecule has 2 aliphatic heterocycles. The van der Waals surface area contributed by atoms with Crippen molar-refractivity contribution in [2.24, 2.45) is 23.7 Å². The van der Waals surface area contributed by atoms with Gasteiger partial charge < -0.3 is 10.0 Å². The standard InChI is InChI=1S/C33H42F4N2O2/c1-22(24-4-2-5-24)31(32(40)41)39-20-26(30(21-39)25-6-3-7-29(35)18-25)19-38-16-13-23(14-17-38)12-15-33(36,37)27-8-10-28(34)11-9-27/h3,6-11,18,22-24,26,30-31H,2,4-5,12-17,19-21H2,1H3,(H,40,41)/t22-,26+,30-,31-/m1/s1. The summed E-state index contributed by atoms with van der Waals surface area (Å²) in [5, 5.41) is 10.2. The average molecular weight is 575 g/mol. The summed E-state index contributed by atoms with van der Waals surface area (Å²) in [5.74, 6) is -3.65. The quantitative estimate of drug-likeness (QED) is 0.290. The fraction of sp³-hybridized carbons (Fsp3) is 0.606. The number of hydrogen-bond donors (Lipinski definition) is 1. The van der Waals surface area contributed by atoms with Gasteiger partial charge in [-0.2, -0.15) is 0 Å². The van der Waals surface area contributed by atoms with Crippen LogP contribution in [0.15, 0.2) is 48.5 Å². The van der Waals surface area contributed by atoms with Crippen molar-refractivity contribution in [1.82, 2.24) is 9.80 Å². The van der Waals surface area contributed by atoms with Gasteiger partial charge in [-0.15, -0.1) is 0 Å². The minimum atomic E-state index is -2.98. The van der Waals surface area contributed by atoms with E-state index in [0.29, 0.717) is 25.4 Å². The van der Waals surface area contributed by atoms with Gasteiger partial charge in [-0.3, -0.25) is 9.69 Å². The molecule has 0 amide bonds. The predicted octanol–water partition coefficient (Wildman–Crippen LogP) is 7.15. The summed E-state index contributed by atoms with van der Waals surface area (Å²) in [5.41, 5.74) is 0.771. The lowest BCUT2D eigenvalue weighted by Crippen LogP contribution is -2.48. The highest BCUT2D eigenvalue weighted by molar-refractivity contribution is 5.74. The van der Waals surface area contributed by atoms with Gasteiger partial charge in [-0.25, -0.2) is 17.6 Å². The second-order valence-electron chi connectivity index (χ2n) is 12.7. The molecule has 8 heteroatoms. The summed E-state index contributed by atoms with van der Waals surface area (Å²) in [7, 11) is 0. The highest BCUT2D eigenvalue weighted by atomic mass is 19.3. The molecule has 1 N–H and O–H groups in total. The van der Waals surface area contributed by atoms with Crippen LogP contribution in [0.1, 0.15) is 68.9 Å². The first kappa shape index (κ1) is 30.0. The van der Waals surface area contributed by atoms with Gasteiger partial charge in [0.1, 0.15) is 17.7 Å². The largest absolute Gasteiger partial charge is 0.480 e. The molecule has 0 bridgehead atoms. The van der Waals surface area contributed by atoms with E-state index in [0.717, 1.165) is 69.4 Å². The first-order valence-electron chi connectivity index (χ1n) is 15.2. The van der Waals surface area contributed by atoms with Gasteiger partial charge in [-0.1, -0.05) is 50.5 Å². The van der Waals surface area contributed by atoms with E-state index in [9.17, 15) is 27.5 Å². The van der Waals surface area contributed by atoms with Crippen LogP contribution in [0.3, 0.4) is 0 Å². The van der Waals surface area contributed by atoms with Gasteiger partial charge in [0.25, 0.3) is 5.92 Å². The maximum atomic E-state index is 14.7. The molecule has 2 aromatic carbocycles. The maximum absolute atomic E-state index is 14.7. The highest BCUT2D eigenvalue weighted by Crippen LogP contribution is 2.41. The third-order valence-corrected chi connectivity index (χ3v) is 10.1. The molecule has 5 rings (SSSR count). The molecule has 4 atom stereocenters. The third kappa shape index (κ3) is 7.14. The van der Waals surface area contributed by atoms with Gasteiger partial charge in [0.2, 0.25) is 0 Å². The number of halogens is 4. The van der Waals surface area contributed by atoms with Crippen molar-refractivity contribution < 1.29 is 27.5 Å². The van der Waals surface area contributed by atoms with Crippen LogP contribution in [0.5, 0.6) is 0 Å². The van der Waals surface area contributed by atoms with Gasteiger partial charge in [0, 0.05) is 37.5 Å². The van der Waals surface area contributed by atoms with Crippen molar-refractivity contribution in [2.45, 2.75) is 69.8 Å². The molecule has 0 radical (unpaired) electrons. The van der Waals surface area contributed by atoms with E-state index in [1.54, 1.807) is 12.1 Å². The Balaban J connectivity index is 1.20. The Labute approximate surface area is 240 Å². The van der Waals surface area contributed by atoms with E-state index in [1.807, 2.05) is 6.07 Å². The number of alkyl halides is 2. The second-order valence-corrected chi connectivity index (χ2v) is 12.7. The Morgan fingerprint density at radius 1 is 1.00 bits per heavy atom. The molecule has 0 aromatic heterocycles. The fourth-order valence-electron chi connectivity index (χ4n) is 7.38. The Hall–Kier alpha value is -2.45. The molecule has 2 heterocycles. The number of benzene rings is 2. The molecule has 0 spiro atoms. The van der Waals surface area contributed by atoms with Crippen molar-refractivity contribution in [1.29, 1.82) is 0 Å². The predicted molar refractivity (Wildman–Crippen MR) is 151 cm³/mol. The van der Waals surface area contributed by atoms with Crippen LogP contribution in [-0.2, 0) is 10.7 Å². The zero-order chi connectivity index (χ0) is 29.1. The van der Waals surface area contributed by atoms with E-state index >= 15 is 0 Å². The van der Waals surface area contributed by atoms with Crippen LogP contribution in [-0.4, -0.2) is 59.6 Å². The van der Waals surface area contributed by atoms with E-state index < -0.39 is 23.8 Å². The van der Waals surface area contributed by atoms with E-state index in [-0.39, 0.29) is 41.5 Å². The molecule has 1 saturated carbocycles. The lowest BCUT2D eigenvalue weighted by Gasteiger charge is -2.38. The molecular formula is C33H42F4N2O2. The van der Waals surface area contributed by atoms with Crippen molar-refractivity contribution in [3.63, 3.8) is 0 Å². The Morgan fingerprint density at radius 2 is 1.71 bits per heavy atom. The third-order valence-electron chi connectivity index (χ3n) is 10.1. The molecule has 224 valence electrons. The summed E-state index contributed by atoms with van der Waals surface area (Å²) < 4.78 is 56.8. The lowest BCUT2D eigenvalue weighted by molar-refractivity contribution is -0.146. The first-order chi connectivity index (χ1) is 19.6. The van der Waals surface area contributed by atoms with Crippen LogP contribution >= 0.6 is 0 Å². The summed E-state index contributed by atoms with van der Waals surface area (Å²) in [6.07, 6.45) is 5.16. The minimum Gasteiger partial charge on any atom is -0.480 e. The Morgan fingerprint density at radius 3 is 2.32 bits per heavy atom. The lowest BCUT2D eigenvalue weighted by atomic mass is 9.73. The smallest absolute Gasteiger partial charge is 0.321 e. The number of rotatable bonds is 11. The maximum Gasteiger partial charge on any atom is 0.321 e. The Bertz CT molecular complexity index is 1160. The van der Waals surface area contributed by atoms with Gasteiger partial charge >= 0.3 is 5.97 Å². The van der Waals surface area contributed by atoms with Crippen molar-refractivity contribution in [3.05, 3.63) is 71.3 Å². The van der Waals surface area contributed by atoms with Crippen LogP contribution < -0.4 is 0 Å². The van der Waals surface area contributed by atoms with E-state index in [1.165, 1.54) is 18.2 Å². The molecule has 2 saturated heterocycles. The average Bonchev–Trinajstić information content (AvgIpc) is 3.30. The SMILES string of the molecule is C[C@H](C1CCC1)[C@H](C(=O)O)N1C[C@H](CN2CCC(CCC(F)(F)c3ccc(F)cc3)CC2)[C@@H](c2cccc(F)c2)C1. The first-order valence-corrected chi connectivity index (χ1v) is 15.2. The number of nitrogens with zero attached hydrogens (tertiary/aromatic N) is 2. The topological polar surface area (TPSA) is 43.8 Å². The Kier molecular flexibility index (Phi) is 9.39. The van der Waals surface area contributed by atoms with Crippen LogP contribution in [0.25, 0.3) is 0 Å². The summed E-state index contributed by atoms with van der Waals surface area (Å²) >= 11 is 0. The number of carboxylic acids is 1. The van der Waals surface area contributed by atoms with Crippen molar-refractivity contribution in [3.8, 4) is 0 Å². The zero-order valence-electron chi connectivity index (χ0n) is 23.8. The number of aliphatic carboxylic acids is 1. The molecular weight excluding hydrogens is 532 g/mol. The van der Waals surface area contributed by atoms with Gasteiger partial charge in [-0.05, 0) is 85.9 Å². The number of piperidine rings is 1. The molecule has 2 aromatic rings. The zero-order valence-corrected chi connectivity index (χ0v) is 23.8. The summed E-state index contributed by atoms with van der Waals surface area (Å²) in [6.45, 7) is 5.70. The van der Waals surface area contributed by atoms with Crippen LogP contribution in [0, 0.1) is 35.3 Å². The molecule has 3 aliphatic rings. The molecule has 4 nitrogen and oxygen atoms in total. The normalized spacial score (nSPS) is 24.7. The van der Waals surface area contributed by atoms with Crippen LogP contribution in [0.4, 0.5) is 17.6 Å². The summed E-state index contributed by atoms with van der Waals surface area (Å²) in [4.78, 5) is 17.0. The number of carbonyl (C=O) groups is 1. The molecule has 41 heavy (non-hydrogen) atoms. The fourth-order valence-corrected chi connectivity index (χ4v) is 7.38. The summed E-state index contributed by atoms with van der Waals surface area (Å²) in [6, 6.07) is 10.6. The highest BCUT2D eigenvalue weighted by Gasteiger charge is 2.44. The number of carboxylic acid groups (broad SMARTS) is 1. The van der Waals surface area contributed by atoms with Crippen molar-refractivity contribution in [2.75, 3.05) is 32.7 Å². The minimum absolute atomic E-state index is 0.0354. The van der Waals surface area contributed by atoms with E-state index in [2.05, 4.69) is 16.7 Å². The van der Waals surface area contributed by atoms with Crippen LogP contribution in [0.2, 0.25) is 0 Å². The van der Waals surface area contributed by atoms with E-state index in [4.69, 9.17) is 0 Å². The second kappa shape index (κ2) is 12.8. The van der Waals surface area contributed by atoms with Crippen molar-refractivity contribution >= 4 is 5.97 Å². The molecule has 0 unspecified atom stereocenters.